The van der Waals surface area contributed by atoms with Crippen LogP contribution in [0.25, 0.3) is 0 Å². The van der Waals surface area contributed by atoms with Crippen LogP contribution in [0.2, 0.25) is 0 Å². The summed E-state index contributed by atoms with van der Waals surface area (Å²) in [6.07, 6.45) is 5.64. The first-order chi connectivity index (χ1) is 14.2. The van der Waals surface area contributed by atoms with E-state index in [2.05, 4.69) is 16.0 Å². The second kappa shape index (κ2) is 7.66. The number of allylic oxidation sites excluding steroid dienone is 1. The molecule has 3 atom stereocenters. The van der Waals surface area contributed by atoms with E-state index in [1.165, 1.54) is 16.2 Å². The predicted octanol–water partition coefficient (Wildman–Crippen LogP) is 1.69. The van der Waals surface area contributed by atoms with E-state index in [1.54, 1.807) is 23.5 Å². The number of urea groups is 1. The number of aliphatic imine (C=N–C) groups is 1. The number of carbonyl (C=O) groups is 2. The van der Waals surface area contributed by atoms with Gasteiger partial charge in [0.15, 0.2) is 17.7 Å². The topological polar surface area (TPSA) is 98.4 Å². The minimum atomic E-state index is -0.992. The lowest BCUT2D eigenvalue weighted by Crippen LogP contribution is -2.71. The monoisotopic (exact) mass is 431 g/mol. The van der Waals surface area contributed by atoms with Gasteiger partial charge in [-0.1, -0.05) is 11.6 Å². The quantitative estimate of drug-likeness (QED) is 0.732. The van der Waals surface area contributed by atoms with Crippen molar-refractivity contribution in [2.75, 3.05) is 31.6 Å². The van der Waals surface area contributed by atoms with Crippen LogP contribution in [0.15, 0.2) is 28.2 Å². The summed E-state index contributed by atoms with van der Waals surface area (Å²) in [6.45, 7) is 7.98. The van der Waals surface area contributed by atoms with Gasteiger partial charge in [-0.2, -0.15) is 0 Å². The molecule has 4 heterocycles. The smallest absolute Gasteiger partial charge is 0.335 e. The van der Waals surface area contributed by atoms with Gasteiger partial charge < -0.3 is 15.5 Å². The van der Waals surface area contributed by atoms with Gasteiger partial charge in [-0.3, -0.25) is 9.69 Å². The van der Waals surface area contributed by atoms with Gasteiger partial charge in [-0.15, -0.1) is 11.3 Å². The van der Waals surface area contributed by atoms with Crippen molar-refractivity contribution in [1.82, 2.24) is 19.7 Å². The minimum Gasteiger partial charge on any atom is -0.341 e. The first-order valence-electron chi connectivity index (χ1n) is 10.3. The second-order valence-electron chi connectivity index (χ2n) is 8.52. The molecule has 4 rings (SSSR count). The van der Waals surface area contributed by atoms with Crippen molar-refractivity contribution in [1.29, 1.82) is 0 Å². The Kier molecular flexibility index (Phi) is 5.31. The van der Waals surface area contributed by atoms with Gasteiger partial charge in [0.2, 0.25) is 5.13 Å². The Labute approximate surface area is 180 Å². The van der Waals surface area contributed by atoms with E-state index < -0.39 is 17.7 Å². The van der Waals surface area contributed by atoms with Gasteiger partial charge in [-0.25, -0.2) is 19.7 Å². The van der Waals surface area contributed by atoms with Crippen molar-refractivity contribution in [2.24, 2.45) is 10.7 Å². The fraction of sp³-hybridized carbons (Fsp3) is 0.600. The Balaban J connectivity index is 1.77. The van der Waals surface area contributed by atoms with E-state index in [1.807, 2.05) is 25.7 Å². The molecule has 0 radical (unpaired) electrons. The minimum absolute atomic E-state index is 0.0732. The van der Waals surface area contributed by atoms with Crippen LogP contribution in [0.1, 0.15) is 33.6 Å². The fourth-order valence-corrected chi connectivity index (χ4v) is 4.98. The molecule has 30 heavy (non-hydrogen) atoms. The molecule has 2 N–H and O–H groups in total. The standard InChI is InChI=1S/C20H29N7O2S/c1-13(2)7-10-26-15-16(28)27(18-22-8-11-30-18)19(29)24(4)20(15,3)23-17(26)25-9-5-6-14(21)12-25/h7-8,11,14-15H,5-6,9-10,12,21H2,1-4H3. The summed E-state index contributed by atoms with van der Waals surface area (Å²) < 4.78 is 0. The van der Waals surface area contributed by atoms with Crippen LogP contribution in [-0.2, 0) is 4.79 Å². The van der Waals surface area contributed by atoms with E-state index in [0.717, 1.165) is 30.9 Å². The Bertz CT molecular complexity index is 895. The number of carbonyl (C=O) groups excluding carboxylic acids is 2. The highest BCUT2D eigenvalue weighted by Gasteiger charge is 2.60. The van der Waals surface area contributed by atoms with E-state index >= 15 is 0 Å². The summed E-state index contributed by atoms with van der Waals surface area (Å²) in [5.41, 5.74) is 6.39. The van der Waals surface area contributed by atoms with Crippen LogP contribution in [0, 0.1) is 0 Å². The molecule has 9 nitrogen and oxygen atoms in total. The molecular weight excluding hydrogens is 402 g/mol. The number of likely N-dealkylation sites (tertiary alicyclic amines) is 1. The molecule has 1 aromatic heterocycles. The van der Waals surface area contributed by atoms with Crippen molar-refractivity contribution < 1.29 is 9.59 Å². The van der Waals surface area contributed by atoms with E-state index in [4.69, 9.17) is 10.7 Å². The third-order valence-electron chi connectivity index (χ3n) is 6.07. The number of likely N-dealkylation sites (N-methyl/N-ethyl adjacent to an activating group) is 1. The molecule has 0 aromatic carbocycles. The van der Waals surface area contributed by atoms with Crippen LogP contribution in [0.4, 0.5) is 9.93 Å². The Morgan fingerprint density at radius 1 is 1.40 bits per heavy atom. The highest BCUT2D eigenvalue weighted by molar-refractivity contribution is 7.14. The molecule has 0 spiro atoms. The summed E-state index contributed by atoms with van der Waals surface area (Å²) in [4.78, 5) is 43.0. The zero-order chi connectivity index (χ0) is 21.6. The summed E-state index contributed by atoms with van der Waals surface area (Å²) in [5.74, 6) is 0.446. The molecule has 0 saturated carbocycles. The normalized spacial score (nSPS) is 29.3. The van der Waals surface area contributed by atoms with E-state index in [0.29, 0.717) is 18.2 Å². The first kappa shape index (κ1) is 20.8. The Morgan fingerprint density at radius 3 is 2.80 bits per heavy atom. The van der Waals surface area contributed by atoms with E-state index in [9.17, 15) is 9.59 Å². The van der Waals surface area contributed by atoms with Crippen molar-refractivity contribution in [2.45, 2.75) is 51.4 Å². The number of amides is 3. The molecule has 10 heteroatoms. The fourth-order valence-electron chi connectivity index (χ4n) is 4.34. The molecule has 0 aliphatic carbocycles. The summed E-state index contributed by atoms with van der Waals surface area (Å²) in [7, 11) is 1.70. The molecule has 3 amide bonds. The van der Waals surface area contributed by atoms with Gasteiger partial charge in [0.1, 0.15) is 0 Å². The van der Waals surface area contributed by atoms with Crippen LogP contribution < -0.4 is 10.6 Å². The Morgan fingerprint density at radius 2 is 2.17 bits per heavy atom. The number of thiazole rings is 1. The number of hydrogen-bond acceptors (Lipinski definition) is 8. The van der Waals surface area contributed by atoms with Crippen LogP contribution in [-0.4, -0.2) is 82.0 Å². The zero-order valence-corrected chi connectivity index (χ0v) is 18.7. The van der Waals surface area contributed by atoms with Gasteiger partial charge in [-0.05, 0) is 33.6 Å². The number of fused-ring (bicyclic) bond motifs is 1. The number of anilines is 1. The number of imide groups is 1. The SMILES string of the molecule is CC(C)=CCN1C(N2CCCC(N)C2)=NC2(C)C1C(=O)N(c1nccs1)C(=O)N2C. The second-order valence-corrected chi connectivity index (χ2v) is 9.39. The lowest BCUT2D eigenvalue weighted by atomic mass is 9.97. The lowest BCUT2D eigenvalue weighted by Gasteiger charge is -2.46. The predicted molar refractivity (Wildman–Crippen MR) is 117 cm³/mol. The zero-order valence-electron chi connectivity index (χ0n) is 17.9. The molecule has 3 unspecified atom stereocenters. The maximum Gasteiger partial charge on any atom is 0.335 e. The summed E-state index contributed by atoms with van der Waals surface area (Å²) in [5, 5.41) is 2.14. The largest absolute Gasteiger partial charge is 0.341 e. The van der Waals surface area contributed by atoms with Crippen molar-refractivity contribution in [3.8, 4) is 0 Å². The number of nitrogens with two attached hydrogens (primary N) is 1. The summed E-state index contributed by atoms with van der Waals surface area (Å²) >= 11 is 1.27. The number of piperidine rings is 1. The molecule has 162 valence electrons. The molecule has 3 aliphatic heterocycles. The van der Waals surface area contributed by atoms with Crippen molar-refractivity contribution >= 4 is 34.4 Å². The van der Waals surface area contributed by atoms with E-state index in [-0.39, 0.29) is 11.9 Å². The molecule has 0 bridgehead atoms. The lowest BCUT2D eigenvalue weighted by molar-refractivity contribution is -0.127. The third kappa shape index (κ3) is 3.27. The average molecular weight is 432 g/mol. The number of rotatable bonds is 3. The first-order valence-corrected chi connectivity index (χ1v) is 11.1. The summed E-state index contributed by atoms with van der Waals surface area (Å²) in [6, 6.07) is -0.965. The highest BCUT2D eigenvalue weighted by Crippen LogP contribution is 2.39. The molecule has 1 aromatic rings. The number of guanidine groups is 1. The molecule has 2 fully saturated rings. The van der Waals surface area contributed by atoms with Gasteiger partial charge in [0.25, 0.3) is 5.91 Å². The molecular formula is C20H29N7O2S. The maximum atomic E-state index is 13.7. The van der Waals surface area contributed by atoms with Crippen LogP contribution in [0.3, 0.4) is 0 Å². The third-order valence-corrected chi connectivity index (χ3v) is 6.83. The molecule has 3 aliphatic rings. The molecule has 2 saturated heterocycles. The number of aromatic nitrogens is 1. The van der Waals surface area contributed by atoms with Crippen molar-refractivity contribution in [3.63, 3.8) is 0 Å². The van der Waals surface area contributed by atoms with Gasteiger partial charge in [0.05, 0.1) is 0 Å². The van der Waals surface area contributed by atoms with Crippen LogP contribution in [0.5, 0.6) is 0 Å². The average Bonchev–Trinajstić information content (AvgIpc) is 3.32. The van der Waals surface area contributed by atoms with Gasteiger partial charge in [0, 0.05) is 44.3 Å². The van der Waals surface area contributed by atoms with Gasteiger partial charge >= 0.3 is 6.03 Å². The van der Waals surface area contributed by atoms with Crippen LogP contribution >= 0.6 is 11.3 Å². The Hall–Kier alpha value is -2.46. The maximum absolute atomic E-state index is 13.7. The number of nitrogens with zero attached hydrogens (tertiary/aromatic N) is 6. The number of hydrogen-bond donors (Lipinski definition) is 1. The van der Waals surface area contributed by atoms with Crippen molar-refractivity contribution in [3.05, 3.63) is 23.2 Å². The highest BCUT2D eigenvalue weighted by atomic mass is 32.1.